The van der Waals surface area contributed by atoms with Crippen LogP contribution in [0.3, 0.4) is 0 Å². The Morgan fingerprint density at radius 3 is 1.90 bits per heavy atom. The summed E-state index contributed by atoms with van der Waals surface area (Å²) in [7, 11) is -4.61. The maximum absolute atomic E-state index is 14.6. The van der Waals surface area contributed by atoms with Crippen molar-refractivity contribution in [2.75, 3.05) is 13.2 Å². The molecule has 340 valence electrons. The van der Waals surface area contributed by atoms with Gasteiger partial charge >= 0.3 is 0 Å². The number of ether oxygens (including phenoxy) is 4. The Hall–Kier alpha value is -3.00. The van der Waals surface area contributed by atoms with Crippen molar-refractivity contribution in [3.63, 3.8) is 0 Å². The van der Waals surface area contributed by atoms with Crippen LogP contribution in [0.2, 0.25) is 23.2 Å². The largest absolute Gasteiger partial charge is 0.413 e. The molecular formula is C53H78O7Si2. The van der Waals surface area contributed by atoms with Crippen LogP contribution >= 0.6 is 0 Å². The number of hydrogen-bond acceptors (Lipinski definition) is 7. The molecule has 2 heterocycles. The Morgan fingerprint density at radius 2 is 1.35 bits per heavy atom. The minimum atomic E-state index is -2.71. The van der Waals surface area contributed by atoms with Gasteiger partial charge in [0.2, 0.25) is 0 Å². The number of carbonyl (C=O) groups is 1. The average molecular weight is 883 g/mol. The third-order valence-corrected chi connectivity index (χ3v) is 23.1. The maximum Gasteiger partial charge on any atom is 0.261 e. The third kappa shape index (κ3) is 12.8. The second-order valence-corrected chi connectivity index (χ2v) is 30.3. The van der Waals surface area contributed by atoms with E-state index in [9.17, 15) is 4.79 Å². The van der Waals surface area contributed by atoms with Gasteiger partial charge in [-0.25, -0.2) is 0 Å². The van der Waals surface area contributed by atoms with Gasteiger partial charge in [0.05, 0.1) is 43.7 Å². The summed E-state index contributed by atoms with van der Waals surface area (Å²) < 4.78 is 40.4. The van der Waals surface area contributed by atoms with Gasteiger partial charge in [-0.05, 0) is 72.2 Å². The Kier molecular flexibility index (Phi) is 16.8. The maximum atomic E-state index is 14.6. The molecule has 0 bridgehead atoms. The van der Waals surface area contributed by atoms with E-state index >= 15 is 0 Å². The molecule has 2 aliphatic rings. The highest BCUT2D eigenvalue weighted by molar-refractivity contribution is 6.99. The second-order valence-electron chi connectivity index (χ2n) is 21.2. The Labute approximate surface area is 377 Å². The molecule has 2 aliphatic heterocycles. The topological polar surface area (TPSA) is 72.5 Å². The highest BCUT2D eigenvalue weighted by Gasteiger charge is 2.50. The van der Waals surface area contributed by atoms with Crippen LogP contribution in [0.25, 0.3) is 0 Å². The fraction of sp³-hybridized carbons (Fsp3) is 0.566. The number of ketones is 1. The van der Waals surface area contributed by atoms with Crippen LogP contribution in [0.15, 0.2) is 115 Å². The molecular weight excluding hydrogens is 805 g/mol. The molecule has 0 spiro atoms. The van der Waals surface area contributed by atoms with Crippen LogP contribution in [-0.2, 0) is 39.2 Å². The number of benzene rings is 3. The minimum Gasteiger partial charge on any atom is -0.413 e. The third-order valence-electron chi connectivity index (χ3n) is 13.5. The van der Waals surface area contributed by atoms with E-state index in [4.69, 9.17) is 27.8 Å². The van der Waals surface area contributed by atoms with Crippen LogP contribution in [0.5, 0.6) is 0 Å². The lowest BCUT2D eigenvalue weighted by atomic mass is 9.76. The molecule has 9 heteroatoms. The molecule has 0 saturated carbocycles. The summed E-state index contributed by atoms with van der Waals surface area (Å²) in [4.78, 5) is 14.6. The minimum absolute atomic E-state index is 0.104. The first-order valence-electron chi connectivity index (χ1n) is 23.0. The summed E-state index contributed by atoms with van der Waals surface area (Å²) in [5, 5.41) is 2.53. The molecule has 3 aromatic rings. The van der Waals surface area contributed by atoms with Crippen LogP contribution in [0.4, 0.5) is 0 Å². The van der Waals surface area contributed by atoms with Crippen LogP contribution in [0.1, 0.15) is 113 Å². The van der Waals surface area contributed by atoms with Crippen molar-refractivity contribution in [3.05, 3.63) is 121 Å². The van der Waals surface area contributed by atoms with Crippen molar-refractivity contribution in [2.45, 2.75) is 174 Å². The van der Waals surface area contributed by atoms with Gasteiger partial charge < -0.3 is 27.8 Å². The molecule has 0 aromatic heterocycles. The van der Waals surface area contributed by atoms with Crippen LogP contribution < -0.4 is 10.4 Å². The Morgan fingerprint density at radius 1 is 0.790 bits per heavy atom. The molecule has 2 saturated heterocycles. The highest BCUT2D eigenvalue weighted by atomic mass is 28.4. The van der Waals surface area contributed by atoms with Crippen molar-refractivity contribution >= 4 is 32.8 Å². The molecule has 62 heavy (non-hydrogen) atoms. The normalized spacial score (nSPS) is 22.6. The molecule has 3 aromatic carbocycles. The predicted molar refractivity (Wildman–Crippen MR) is 259 cm³/mol. The van der Waals surface area contributed by atoms with Crippen molar-refractivity contribution in [2.24, 2.45) is 5.41 Å². The van der Waals surface area contributed by atoms with Gasteiger partial charge in [-0.2, -0.15) is 0 Å². The zero-order chi connectivity index (χ0) is 45.4. The summed E-state index contributed by atoms with van der Waals surface area (Å²) in [6.07, 6.45) is 6.61. The number of carbonyl (C=O) groups excluding carboxylic acids is 1. The Balaban J connectivity index is 1.32. The van der Waals surface area contributed by atoms with E-state index < -0.39 is 33.9 Å². The van der Waals surface area contributed by atoms with Crippen LogP contribution in [0, 0.1) is 5.41 Å². The van der Waals surface area contributed by atoms with Gasteiger partial charge in [0.1, 0.15) is 5.78 Å². The molecule has 2 fully saturated rings. The van der Waals surface area contributed by atoms with Crippen molar-refractivity contribution in [1.82, 2.24) is 0 Å². The molecule has 0 radical (unpaired) electrons. The quantitative estimate of drug-likeness (QED) is 0.0877. The van der Waals surface area contributed by atoms with E-state index in [1.54, 1.807) is 0 Å². The van der Waals surface area contributed by atoms with E-state index in [2.05, 4.69) is 140 Å². The molecule has 0 N–H and O–H groups in total. The first kappa shape index (κ1) is 50.0. The van der Waals surface area contributed by atoms with Crippen LogP contribution in [-0.4, -0.2) is 71.9 Å². The highest BCUT2D eigenvalue weighted by Crippen LogP contribution is 2.40. The summed E-state index contributed by atoms with van der Waals surface area (Å²) >= 11 is 0. The fourth-order valence-corrected chi connectivity index (χ4v) is 14.4. The lowest BCUT2D eigenvalue weighted by Gasteiger charge is -2.45. The predicted octanol–water partition coefficient (Wildman–Crippen LogP) is 11.5. The zero-order valence-corrected chi connectivity index (χ0v) is 42.1. The molecule has 0 amide bonds. The van der Waals surface area contributed by atoms with Gasteiger partial charge in [-0.1, -0.05) is 164 Å². The number of rotatable bonds is 19. The summed E-state index contributed by atoms with van der Waals surface area (Å²) in [5.74, 6) is -0.709. The van der Waals surface area contributed by atoms with Gasteiger partial charge in [-0.3, -0.25) is 4.79 Å². The number of Topliss-reactive ketones (excluding diaryl/α,β-unsaturated/α-hetero) is 1. The lowest BCUT2D eigenvalue weighted by molar-refractivity contribution is -0.305. The molecule has 7 nitrogen and oxygen atoms in total. The van der Waals surface area contributed by atoms with Gasteiger partial charge in [0.25, 0.3) is 8.32 Å². The van der Waals surface area contributed by atoms with E-state index in [-0.39, 0.29) is 46.7 Å². The smallest absolute Gasteiger partial charge is 0.261 e. The standard InChI is InChI=1S/C53H78O7Si2/c1-14-42-34-41(30-32-56-61(12,13)50(2,3)4)35-44(58-42)37-48(54)52(8,9)49(55-39-40-24-18-15-19-25-40)38-45-36-43(59-53(10,11)60-45)31-33-57-62(51(5,6)7,46-26-20-16-21-27-46)47-28-22-17-23-29-47/h14-30,42-45,49H,1,31-39H2,2-13H3/b41-30+/t42-,43-,44-,45+,49-/m0/s1. The lowest BCUT2D eigenvalue weighted by Crippen LogP contribution is -2.66. The molecule has 0 aliphatic carbocycles. The van der Waals surface area contributed by atoms with Crippen molar-refractivity contribution < 1.29 is 32.6 Å². The molecule has 0 unspecified atom stereocenters. The summed E-state index contributed by atoms with van der Waals surface area (Å²) in [6, 6.07) is 31.7. The van der Waals surface area contributed by atoms with Gasteiger partial charge in [0.15, 0.2) is 14.1 Å². The molecule has 5 atom stereocenters. The Bertz CT molecular complexity index is 1860. The number of hydrogen-bond donors (Lipinski definition) is 0. The molecule has 5 rings (SSSR count). The van der Waals surface area contributed by atoms with E-state index in [1.807, 2.05) is 52.0 Å². The van der Waals surface area contributed by atoms with Gasteiger partial charge in [-0.15, -0.1) is 6.58 Å². The second kappa shape index (κ2) is 20.9. The first-order valence-corrected chi connectivity index (χ1v) is 27.8. The van der Waals surface area contributed by atoms with Gasteiger partial charge in [0, 0.05) is 31.3 Å². The van der Waals surface area contributed by atoms with E-state index in [0.29, 0.717) is 45.5 Å². The average Bonchev–Trinajstić information content (AvgIpc) is 3.20. The fourth-order valence-electron chi connectivity index (χ4n) is 8.86. The van der Waals surface area contributed by atoms with E-state index in [1.165, 1.54) is 15.9 Å². The zero-order valence-electron chi connectivity index (χ0n) is 40.1. The summed E-state index contributed by atoms with van der Waals surface area (Å²) in [5.41, 5.74) is 1.49. The SMILES string of the molecule is C=C[C@H]1C/C(=C\CO[Si](C)(C)C(C)(C)C)C[C@@H](CC(=O)C(C)(C)[C@H](C[C@H]2C[C@H](CCO[Si](c3ccccc3)(c3ccccc3)C(C)(C)C)OC(C)(C)O2)OCc2ccccc2)O1. The monoisotopic (exact) mass is 883 g/mol. The first-order chi connectivity index (χ1) is 29.1. The van der Waals surface area contributed by atoms with Crippen molar-refractivity contribution in [3.8, 4) is 0 Å². The summed E-state index contributed by atoms with van der Waals surface area (Å²) in [6.45, 7) is 31.9. The van der Waals surface area contributed by atoms with Crippen molar-refractivity contribution in [1.29, 1.82) is 0 Å². The van der Waals surface area contributed by atoms with E-state index in [0.717, 1.165) is 12.0 Å².